The van der Waals surface area contributed by atoms with Crippen molar-refractivity contribution < 1.29 is 29.0 Å². The van der Waals surface area contributed by atoms with Crippen LogP contribution < -0.4 is 0 Å². The van der Waals surface area contributed by atoms with Gasteiger partial charge in [-0.05, 0) is 38.5 Å². The van der Waals surface area contributed by atoms with Gasteiger partial charge in [-0.25, -0.2) is 0 Å². The zero-order chi connectivity index (χ0) is 25.8. The maximum absolute atomic E-state index is 14.1. The van der Waals surface area contributed by atoms with E-state index in [4.69, 9.17) is 9.47 Å². The Hall–Kier alpha value is -2.19. The second kappa shape index (κ2) is 11.2. The van der Waals surface area contributed by atoms with Gasteiger partial charge >= 0.3 is 5.97 Å². The van der Waals surface area contributed by atoms with Gasteiger partial charge in [0.25, 0.3) is 0 Å². The lowest BCUT2D eigenvalue weighted by molar-refractivity contribution is -0.163. The first-order valence-corrected chi connectivity index (χ1v) is 13.1. The van der Waals surface area contributed by atoms with Crippen LogP contribution in [0.25, 0.3) is 0 Å². The maximum Gasteiger partial charge on any atom is 0.312 e. The lowest BCUT2D eigenvalue weighted by Gasteiger charge is -2.39. The van der Waals surface area contributed by atoms with E-state index < -0.39 is 41.1 Å². The first-order valence-electron chi connectivity index (χ1n) is 13.1. The number of ether oxygens (including phenoxy) is 2. The number of fused-ring (bicyclic) bond motifs is 1. The van der Waals surface area contributed by atoms with Crippen molar-refractivity contribution in [2.24, 2.45) is 11.8 Å². The van der Waals surface area contributed by atoms with Crippen molar-refractivity contribution in [1.29, 1.82) is 0 Å². The first-order chi connectivity index (χ1) is 16.8. The van der Waals surface area contributed by atoms with E-state index in [-0.39, 0.29) is 25.0 Å². The molecule has 3 heterocycles. The van der Waals surface area contributed by atoms with E-state index in [2.05, 4.69) is 20.1 Å². The van der Waals surface area contributed by atoms with Gasteiger partial charge in [0.15, 0.2) is 0 Å². The number of esters is 1. The van der Waals surface area contributed by atoms with E-state index in [1.54, 1.807) is 17.1 Å². The van der Waals surface area contributed by atoms with Crippen LogP contribution in [0.4, 0.5) is 0 Å². The average Bonchev–Trinajstić information content (AvgIpc) is 3.46. The first kappa shape index (κ1) is 27.4. The summed E-state index contributed by atoms with van der Waals surface area (Å²) in [6.07, 6.45) is 7.76. The fourth-order valence-corrected chi connectivity index (χ4v) is 6.40. The van der Waals surface area contributed by atoms with Gasteiger partial charge in [-0.3, -0.25) is 14.4 Å². The van der Waals surface area contributed by atoms with Crippen LogP contribution in [0.5, 0.6) is 0 Å². The Morgan fingerprint density at radius 2 is 2.03 bits per heavy atom. The molecular weight excluding hydrogens is 448 g/mol. The van der Waals surface area contributed by atoms with Crippen LogP contribution in [0.15, 0.2) is 25.3 Å². The number of likely N-dealkylation sites (tertiary alicyclic amines) is 1. The zero-order valence-corrected chi connectivity index (χ0v) is 21.5. The molecule has 8 nitrogen and oxygen atoms in total. The number of hydrogen-bond acceptors (Lipinski definition) is 6. The van der Waals surface area contributed by atoms with Crippen molar-refractivity contribution in [3.63, 3.8) is 0 Å². The fourth-order valence-electron chi connectivity index (χ4n) is 6.40. The monoisotopic (exact) mass is 490 g/mol. The molecular formula is C27H42N2O6. The summed E-state index contributed by atoms with van der Waals surface area (Å²) in [7, 11) is 0. The highest BCUT2D eigenvalue weighted by molar-refractivity contribution is 5.98. The standard InChI is InChI=1S/C27H42N2O6/c1-6-11-16-28(15-8-3)24(32)22-27-14-13-26(10-5,35-27)21(25(33)34-17-12-7-2)20(27)23(31)29(22)19(9-4)18-30/h7-8,19-22,30H,2-3,6,9-18H2,1,4-5H3/t19-,20-,21-,22?,26+,27?/m0/s1. The van der Waals surface area contributed by atoms with E-state index in [0.29, 0.717) is 45.2 Å². The summed E-state index contributed by atoms with van der Waals surface area (Å²) in [6.45, 7) is 14.2. The number of aliphatic hydroxyl groups is 1. The van der Waals surface area contributed by atoms with E-state index in [9.17, 15) is 19.5 Å². The zero-order valence-electron chi connectivity index (χ0n) is 21.5. The van der Waals surface area contributed by atoms with Gasteiger partial charge in [0.1, 0.15) is 17.6 Å². The van der Waals surface area contributed by atoms with Crippen molar-refractivity contribution in [3.8, 4) is 0 Å². The fraction of sp³-hybridized carbons (Fsp3) is 0.741. The van der Waals surface area contributed by atoms with Crippen LogP contribution in [0, 0.1) is 11.8 Å². The molecule has 3 aliphatic rings. The highest BCUT2D eigenvalue weighted by Gasteiger charge is 2.79. The van der Waals surface area contributed by atoms with E-state index >= 15 is 0 Å². The van der Waals surface area contributed by atoms with E-state index in [0.717, 1.165) is 12.8 Å². The Morgan fingerprint density at radius 3 is 2.60 bits per heavy atom. The molecule has 0 aromatic heterocycles. The molecule has 1 spiro atoms. The van der Waals surface area contributed by atoms with Gasteiger partial charge in [0.05, 0.1) is 30.8 Å². The highest BCUT2D eigenvalue weighted by Crippen LogP contribution is 2.64. The molecule has 3 aliphatic heterocycles. The van der Waals surface area contributed by atoms with Gasteiger partial charge in [-0.1, -0.05) is 39.3 Å². The summed E-state index contributed by atoms with van der Waals surface area (Å²) in [6, 6.07) is -1.43. The van der Waals surface area contributed by atoms with Crippen molar-refractivity contribution in [2.45, 2.75) is 89.0 Å². The Labute approximate surface area is 209 Å². The SMILES string of the molecule is C=CCCOC(=O)[C@@H]1[C@H]2C(=O)N([C@@H](CC)CO)C(C(=O)N(CC=C)CCCC)C23CC[C@@]1(CC)O3. The predicted molar refractivity (Wildman–Crippen MR) is 132 cm³/mol. The average molecular weight is 491 g/mol. The minimum absolute atomic E-state index is 0.191. The van der Waals surface area contributed by atoms with Crippen molar-refractivity contribution in [3.05, 3.63) is 25.3 Å². The molecule has 196 valence electrons. The van der Waals surface area contributed by atoms with Gasteiger partial charge in [0.2, 0.25) is 11.8 Å². The molecule has 3 fully saturated rings. The minimum atomic E-state index is -1.11. The second-order valence-corrected chi connectivity index (χ2v) is 9.99. The van der Waals surface area contributed by atoms with Gasteiger partial charge in [-0.15, -0.1) is 13.2 Å². The van der Waals surface area contributed by atoms with E-state index in [1.807, 2.05) is 13.8 Å². The molecule has 35 heavy (non-hydrogen) atoms. The Balaban J connectivity index is 2.08. The third kappa shape index (κ3) is 4.44. The maximum atomic E-state index is 14.1. The molecule has 0 radical (unpaired) electrons. The minimum Gasteiger partial charge on any atom is -0.465 e. The summed E-state index contributed by atoms with van der Waals surface area (Å²) < 4.78 is 12.3. The number of hydrogen-bond donors (Lipinski definition) is 1. The van der Waals surface area contributed by atoms with E-state index in [1.165, 1.54) is 4.90 Å². The molecule has 0 aromatic rings. The quantitative estimate of drug-likeness (QED) is 0.229. The predicted octanol–water partition coefficient (Wildman–Crippen LogP) is 2.85. The number of carbonyl (C=O) groups is 3. The molecule has 0 aromatic carbocycles. The molecule has 6 atom stereocenters. The number of rotatable bonds is 14. The molecule has 2 bridgehead atoms. The number of amides is 2. The molecule has 8 heteroatoms. The molecule has 0 saturated carbocycles. The lowest BCUT2D eigenvalue weighted by Crippen LogP contribution is -2.59. The topological polar surface area (TPSA) is 96.4 Å². The van der Waals surface area contributed by atoms with Crippen LogP contribution in [0.2, 0.25) is 0 Å². The molecule has 2 amide bonds. The Morgan fingerprint density at radius 1 is 1.29 bits per heavy atom. The normalized spacial score (nSPS) is 31.8. The van der Waals surface area contributed by atoms with Crippen molar-refractivity contribution >= 4 is 17.8 Å². The molecule has 0 aliphatic carbocycles. The number of aliphatic hydroxyl groups excluding tert-OH is 1. The van der Waals surface area contributed by atoms with Gasteiger partial charge < -0.3 is 24.4 Å². The number of unbranched alkanes of at least 4 members (excludes halogenated alkanes) is 1. The molecule has 3 rings (SSSR count). The van der Waals surface area contributed by atoms with Crippen molar-refractivity contribution in [2.75, 3.05) is 26.3 Å². The largest absolute Gasteiger partial charge is 0.465 e. The number of carbonyl (C=O) groups excluding carboxylic acids is 3. The van der Waals surface area contributed by atoms with Crippen LogP contribution in [-0.2, 0) is 23.9 Å². The smallest absolute Gasteiger partial charge is 0.312 e. The third-order valence-electron chi connectivity index (χ3n) is 8.19. The van der Waals surface area contributed by atoms with Crippen LogP contribution in [-0.4, -0.2) is 82.3 Å². The second-order valence-electron chi connectivity index (χ2n) is 9.99. The highest BCUT2D eigenvalue weighted by atomic mass is 16.6. The van der Waals surface area contributed by atoms with Crippen LogP contribution in [0.3, 0.4) is 0 Å². The Bertz CT molecular complexity index is 826. The van der Waals surface area contributed by atoms with Crippen LogP contribution >= 0.6 is 0 Å². The molecule has 3 saturated heterocycles. The summed E-state index contributed by atoms with van der Waals surface area (Å²) in [5, 5.41) is 10.2. The summed E-state index contributed by atoms with van der Waals surface area (Å²) in [4.78, 5) is 44.8. The summed E-state index contributed by atoms with van der Waals surface area (Å²) in [5.74, 6) is -2.53. The van der Waals surface area contributed by atoms with Gasteiger partial charge in [-0.2, -0.15) is 0 Å². The molecule has 1 N–H and O–H groups in total. The summed E-state index contributed by atoms with van der Waals surface area (Å²) >= 11 is 0. The number of nitrogens with zero attached hydrogens (tertiary/aromatic N) is 2. The van der Waals surface area contributed by atoms with Crippen LogP contribution in [0.1, 0.15) is 65.7 Å². The van der Waals surface area contributed by atoms with Gasteiger partial charge in [0, 0.05) is 13.1 Å². The third-order valence-corrected chi connectivity index (χ3v) is 8.19. The summed E-state index contributed by atoms with van der Waals surface area (Å²) in [5.41, 5.74) is -1.94. The Kier molecular flexibility index (Phi) is 8.81. The lowest BCUT2D eigenvalue weighted by atomic mass is 9.65. The molecule has 2 unspecified atom stereocenters. The van der Waals surface area contributed by atoms with Crippen molar-refractivity contribution in [1.82, 2.24) is 9.80 Å².